The summed E-state index contributed by atoms with van der Waals surface area (Å²) in [5.41, 5.74) is -2.36. The Balaban J connectivity index is 4.97. The maximum atomic E-state index is 12.2. The summed E-state index contributed by atoms with van der Waals surface area (Å²) in [5, 5.41) is 0. The van der Waals surface area contributed by atoms with Gasteiger partial charge in [-0.2, -0.15) is 26.3 Å². The van der Waals surface area contributed by atoms with Gasteiger partial charge in [0, 0.05) is 6.08 Å². The van der Waals surface area contributed by atoms with E-state index in [-0.39, 0.29) is 12.5 Å². The van der Waals surface area contributed by atoms with Crippen molar-refractivity contribution < 1.29 is 35.9 Å². The van der Waals surface area contributed by atoms with Gasteiger partial charge in [-0.3, -0.25) is 0 Å². The van der Waals surface area contributed by atoms with E-state index in [2.05, 4.69) is 4.74 Å². The summed E-state index contributed by atoms with van der Waals surface area (Å²) in [6, 6.07) is 0. The van der Waals surface area contributed by atoms with Crippen molar-refractivity contribution in [1.29, 1.82) is 0 Å². The zero-order chi connectivity index (χ0) is 13.9. The first-order chi connectivity index (χ1) is 7.43. The van der Waals surface area contributed by atoms with Crippen LogP contribution in [0.15, 0.2) is 11.6 Å². The minimum Gasteiger partial charge on any atom is -0.462 e. The molecule has 17 heavy (non-hydrogen) atoms. The molecule has 0 aromatic heterocycles. The zero-order valence-corrected chi connectivity index (χ0v) is 8.95. The van der Waals surface area contributed by atoms with Crippen molar-refractivity contribution in [2.45, 2.75) is 26.2 Å². The molecule has 0 radical (unpaired) electrons. The van der Waals surface area contributed by atoms with E-state index in [4.69, 9.17) is 0 Å². The number of ether oxygens (including phenoxy) is 1. The Morgan fingerprint density at radius 1 is 1.18 bits per heavy atom. The summed E-state index contributed by atoms with van der Waals surface area (Å²) >= 11 is 0. The molecule has 0 aromatic carbocycles. The second-order valence-corrected chi connectivity index (χ2v) is 3.59. The Labute approximate surface area is 93.2 Å². The van der Waals surface area contributed by atoms with Crippen molar-refractivity contribution in [3.63, 3.8) is 0 Å². The van der Waals surface area contributed by atoms with Crippen molar-refractivity contribution in [3.05, 3.63) is 11.6 Å². The zero-order valence-electron chi connectivity index (χ0n) is 8.95. The maximum Gasteiger partial charge on any atom is 0.423 e. The first kappa shape index (κ1) is 15.8. The van der Waals surface area contributed by atoms with E-state index < -0.39 is 30.0 Å². The predicted molar refractivity (Wildman–Crippen MR) is 46.0 cm³/mol. The van der Waals surface area contributed by atoms with Crippen molar-refractivity contribution >= 4 is 5.97 Å². The van der Waals surface area contributed by atoms with Crippen LogP contribution in [0.4, 0.5) is 26.3 Å². The highest BCUT2D eigenvalue weighted by atomic mass is 19.4. The number of allylic oxidation sites excluding steroid dienone is 1. The summed E-state index contributed by atoms with van der Waals surface area (Å²) in [6.07, 6.45) is -11.7. The molecule has 0 bridgehead atoms. The Kier molecular flexibility index (Phi) is 5.03. The van der Waals surface area contributed by atoms with Crippen LogP contribution in [0.5, 0.6) is 0 Å². The molecule has 0 aliphatic heterocycles. The number of halogens is 6. The molecule has 8 heteroatoms. The lowest BCUT2D eigenvalue weighted by molar-refractivity contribution is -0.154. The molecule has 0 aliphatic carbocycles. The first-order valence-electron chi connectivity index (χ1n) is 4.47. The summed E-state index contributed by atoms with van der Waals surface area (Å²) in [7, 11) is 0. The lowest BCUT2D eigenvalue weighted by atomic mass is 10.2. The Bertz CT molecular complexity index is 300. The normalized spacial score (nSPS) is 14.1. The Morgan fingerprint density at radius 3 is 1.94 bits per heavy atom. The van der Waals surface area contributed by atoms with Crippen LogP contribution in [0.2, 0.25) is 0 Å². The molecular weight excluding hydrogens is 254 g/mol. The highest BCUT2D eigenvalue weighted by Crippen LogP contribution is 2.31. The number of hydrogen-bond acceptors (Lipinski definition) is 2. The van der Waals surface area contributed by atoms with E-state index in [1.165, 1.54) is 13.8 Å². The van der Waals surface area contributed by atoms with Crippen molar-refractivity contribution in [3.8, 4) is 0 Å². The highest BCUT2D eigenvalue weighted by molar-refractivity contribution is 5.90. The maximum absolute atomic E-state index is 12.2. The van der Waals surface area contributed by atoms with Gasteiger partial charge in [0.15, 0.2) is 0 Å². The third kappa shape index (κ3) is 6.85. The minimum absolute atomic E-state index is 0.278. The van der Waals surface area contributed by atoms with Crippen LogP contribution < -0.4 is 0 Å². The highest BCUT2D eigenvalue weighted by Gasteiger charge is 2.43. The van der Waals surface area contributed by atoms with E-state index in [0.717, 1.165) is 0 Å². The number of hydrogen-bond donors (Lipinski definition) is 0. The van der Waals surface area contributed by atoms with Gasteiger partial charge in [0.05, 0.1) is 6.61 Å². The van der Waals surface area contributed by atoms with E-state index in [0.29, 0.717) is 0 Å². The molecule has 0 N–H and O–H groups in total. The number of rotatable bonds is 3. The predicted octanol–water partition coefficient (Wildman–Crippen LogP) is 3.24. The second kappa shape index (κ2) is 5.42. The Morgan fingerprint density at radius 2 is 1.65 bits per heavy atom. The van der Waals surface area contributed by atoms with E-state index in [9.17, 15) is 31.1 Å². The van der Waals surface area contributed by atoms with Gasteiger partial charge in [-0.1, -0.05) is 13.8 Å². The third-order valence-corrected chi connectivity index (χ3v) is 1.38. The lowest BCUT2D eigenvalue weighted by Gasteiger charge is -2.13. The number of esters is 1. The molecule has 0 saturated heterocycles. The molecule has 0 saturated carbocycles. The quantitative estimate of drug-likeness (QED) is 0.444. The standard InChI is InChI=1S/C9H10F6O2/c1-5(2)4-17-7(16)6(9(13,14)15)3-8(10,11)12/h3,5H,4H2,1-2H3/b6-3-. The van der Waals surface area contributed by atoms with Crippen molar-refractivity contribution in [2.75, 3.05) is 6.61 Å². The molecule has 2 nitrogen and oxygen atoms in total. The monoisotopic (exact) mass is 264 g/mol. The van der Waals surface area contributed by atoms with Crippen LogP contribution in [0, 0.1) is 5.92 Å². The first-order valence-corrected chi connectivity index (χ1v) is 4.47. The van der Waals surface area contributed by atoms with Gasteiger partial charge in [-0.15, -0.1) is 0 Å². The molecule has 100 valence electrons. The van der Waals surface area contributed by atoms with Crippen LogP contribution in [0.3, 0.4) is 0 Å². The van der Waals surface area contributed by atoms with Crippen LogP contribution in [-0.4, -0.2) is 24.9 Å². The molecule has 0 amide bonds. The summed E-state index contributed by atoms with van der Waals surface area (Å²) in [5.74, 6) is -2.30. The second-order valence-electron chi connectivity index (χ2n) is 3.59. The van der Waals surface area contributed by atoms with Crippen LogP contribution in [0.1, 0.15) is 13.8 Å². The number of alkyl halides is 6. The van der Waals surface area contributed by atoms with Gasteiger partial charge in [0.2, 0.25) is 0 Å². The smallest absolute Gasteiger partial charge is 0.423 e. The summed E-state index contributed by atoms with van der Waals surface area (Å²) in [4.78, 5) is 10.9. The van der Waals surface area contributed by atoms with Crippen LogP contribution in [-0.2, 0) is 9.53 Å². The molecule has 0 atom stereocenters. The number of carbonyl (C=O) groups is 1. The summed E-state index contributed by atoms with van der Waals surface area (Å²) < 4.78 is 76.0. The molecular formula is C9H10F6O2. The number of carbonyl (C=O) groups excluding carboxylic acids is 1. The van der Waals surface area contributed by atoms with Crippen molar-refractivity contribution in [1.82, 2.24) is 0 Å². The van der Waals surface area contributed by atoms with Gasteiger partial charge in [0.25, 0.3) is 0 Å². The topological polar surface area (TPSA) is 26.3 Å². The van der Waals surface area contributed by atoms with E-state index >= 15 is 0 Å². The van der Waals surface area contributed by atoms with Crippen LogP contribution >= 0.6 is 0 Å². The fourth-order valence-electron chi connectivity index (χ4n) is 0.740. The molecule has 0 aliphatic rings. The minimum atomic E-state index is -5.40. The van der Waals surface area contributed by atoms with Gasteiger partial charge < -0.3 is 4.74 Å². The molecule has 0 rings (SSSR count). The van der Waals surface area contributed by atoms with Crippen molar-refractivity contribution in [2.24, 2.45) is 5.92 Å². The van der Waals surface area contributed by atoms with Gasteiger partial charge in [-0.25, -0.2) is 4.79 Å². The molecule has 0 spiro atoms. The molecule has 0 aromatic rings. The molecule has 0 heterocycles. The van der Waals surface area contributed by atoms with Crippen LogP contribution in [0.25, 0.3) is 0 Å². The fraction of sp³-hybridized carbons (Fsp3) is 0.667. The lowest BCUT2D eigenvalue weighted by Crippen LogP contribution is -2.25. The average Bonchev–Trinajstić information content (AvgIpc) is 2.07. The average molecular weight is 264 g/mol. The SMILES string of the molecule is CC(C)COC(=O)/C(=C/C(F)(F)F)C(F)(F)F. The van der Waals surface area contributed by atoms with Gasteiger partial charge in [0.1, 0.15) is 5.57 Å². The van der Waals surface area contributed by atoms with Gasteiger partial charge in [-0.05, 0) is 5.92 Å². The molecule has 0 fully saturated rings. The Hall–Kier alpha value is -1.21. The molecule has 0 unspecified atom stereocenters. The van der Waals surface area contributed by atoms with Gasteiger partial charge >= 0.3 is 18.3 Å². The van der Waals surface area contributed by atoms with E-state index in [1.54, 1.807) is 0 Å². The third-order valence-electron chi connectivity index (χ3n) is 1.38. The summed E-state index contributed by atoms with van der Waals surface area (Å²) in [6.45, 7) is 2.69. The largest absolute Gasteiger partial charge is 0.462 e. The fourth-order valence-corrected chi connectivity index (χ4v) is 0.740. The van der Waals surface area contributed by atoms with E-state index in [1.807, 2.05) is 0 Å².